The average molecular weight is 582 g/mol. The van der Waals surface area contributed by atoms with Crippen molar-refractivity contribution in [1.82, 2.24) is 0 Å². The number of carbonyl (C=O) groups is 2. The summed E-state index contributed by atoms with van der Waals surface area (Å²) in [4.78, 5) is 27.9. The topological polar surface area (TPSA) is 74.3 Å². The monoisotopic (exact) mass is 581 g/mol. The van der Waals surface area contributed by atoms with Crippen molar-refractivity contribution in [1.29, 1.82) is 0 Å². The van der Waals surface area contributed by atoms with Gasteiger partial charge < -0.3 is 23.5 Å². The van der Waals surface area contributed by atoms with Gasteiger partial charge in [-0.2, -0.15) is 0 Å². The molecule has 1 aliphatic rings. The van der Waals surface area contributed by atoms with Gasteiger partial charge in [0.05, 0.1) is 39.5 Å². The number of carbonyl (C=O) groups excluding carboxylic acids is 2. The first-order valence-electron chi connectivity index (χ1n) is 14.3. The van der Waals surface area contributed by atoms with Crippen LogP contribution in [0.25, 0.3) is 0 Å². The number of hydrogen-bond acceptors (Lipinski definition) is 7. The van der Waals surface area contributed by atoms with E-state index in [-0.39, 0.29) is 35.0 Å². The smallest absolute Gasteiger partial charge is 0.308 e. The van der Waals surface area contributed by atoms with Crippen LogP contribution in [-0.2, 0) is 24.2 Å². The van der Waals surface area contributed by atoms with Crippen molar-refractivity contribution in [2.75, 3.05) is 39.3 Å². The number of hydrogen-bond donors (Lipinski definition) is 0. The maximum Gasteiger partial charge on any atom is 0.308 e. The maximum absolute atomic E-state index is 13.4. The number of para-hydroxylation sites is 2. The molecule has 1 fully saturated rings. The molecule has 0 radical (unpaired) electrons. The molecule has 0 bridgehead atoms. The van der Waals surface area contributed by atoms with Crippen LogP contribution in [0.1, 0.15) is 52.0 Å². The zero-order valence-corrected chi connectivity index (χ0v) is 27.0. The minimum atomic E-state index is -2.21. The summed E-state index contributed by atoms with van der Waals surface area (Å²) >= 11 is 0. The van der Waals surface area contributed by atoms with Crippen molar-refractivity contribution in [3.8, 4) is 11.5 Å². The molecule has 2 aromatic carbocycles. The van der Waals surface area contributed by atoms with Gasteiger partial charge in [0.1, 0.15) is 11.5 Å². The highest BCUT2D eigenvalue weighted by atomic mass is 28.4. The van der Waals surface area contributed by atoms with Crippen LogP contribution in [0.15, 0.2) is 60.7 Å². The van der Waals surface area contributed by atoms with Gasteiger partial charge in [0.15, 0.2) is 14.1 Å². The van der Waals surface area contributed by atoms with Gasteiger partial charge in [-0.05, 0) is 66.9 Å². The van der Waals surface area contributed by atoms with Crippen LogP contribution in [0, 0.1) is 0 Å². The molecular formula is C33H47NO6Si. The van der Waals surface area contributed by atoms with E-state index in [1.165, 1.54) is 7.11 Å². The van der Waals surface area contributed by atoms with Gasteiger partial charge in [-0.1, -0.05) is 51.1 Å². The van der Waals surface area contributed by atoms with Crippen LogP contribution in [0.2, 0.25) is 18.1 Å². The van der Waals surface area contributed by atoms with E-state index in [2.05, 4.69) is 63.0 Å². The zero-order chi connectivity index (χ0) is 30.3. The van der Waals surface area contributed by atoms with E-state index in [4.69, 9.17) is 18.6 Å². The zero-order valence-electron chi connectivity index (χ0n) is 26.0. The van der Waals surface area contributed by atoms with Crippen molar-refractivity contribution in [3.63, 3.8) is 0 Å². The van der Waals surface area contributed by atoms with Crippen molar-refractivity contribution in [2.45, 2.75) is 76.1 Å². The van der Waals surface area contributed by atoms with E-state index in [1.807, 2.05) is 30.3 Å². The Kier molecular flexibility index (Phi) is 10.8. The van der Waals surface area contributed by atoms with Crippen LogP contribution in [0.4, 0.5) is 5.69 Å². The highest BCUT2D eigenvalue weighted by Crippen LogP contribution is 2.41. The summed E-state index contributed by atoms with van der Waals surface area (Å²) in [5.41, 5.74) is 1.84. The second-order valence-electron chi connectivity index (χ2n) is 12.3. The Bertz CT molecular complexity index is 1210. The molecule has 224 valence electrons. The molecule has 1 saturated heterocycles. The maximum atomic E-state index is 13.4. The summed E-state index contributed by atoms with van der Waals surface area (Å²) in [6.07, 6.45) is 5.03. The van der Waals surface area contributed by atoms with Crippen LogP contribution in [0.3, 0.4) is 0 Å². The third kappa shape index (κ3) is 8.23. The molecule has 7 nitrogen and oxygen atoms in total. The molecule has 0 N–H and O–H groups in total. The Hall–Kier alpha value is -3.10. The minimum absolute atomic E-state index is 0.0495. The van der Waals surface area contributed by atoms with Gasteiger partial charge in [-0.25, -0.2) is 0 Å². The molecule has 0 spiro atoms. The van der Waals surface area contributed by atoms with Gasteiger partial charge in [-0.3, -0.25) is 9.59 Å². The number of ketones is 1. The summed E-state index contributed by atoms with van der Waals surface area (Å²) in [6, 6.07) is 16.2. The lowest BCUT2D eigenvalue weighted by molar-refractivity contribution is -0.142. The molecule has 0 aliphatic carbocycles. The van der Waals surface area contributed by atoms with Crippen LogP contribution < -0.4 is 14.4 Å². The van der Waals surface area contributed by atoms with E-state index in [1.54, 1.807) is 20.3 Å². The number of piperidine rings is 1. The van der Waals surface area contributed by atoms with Crippen LogP contribution >= 0.6 is 0 Å². The van der Waals surface area contributed by atoms with Gasteiger partial charge >= 0.3 is 5.97 Å². The van der Waals surface area contributed by atoms with Gasteiger partial charge in [0.2, 0.25) is 0 Å². The standard InChI is InChI=1S/C33H47NO6Si/c1-32(2,3)41(7,8)40-28(24-31(36)39-6)23-26(35)16-17-33(25-12-11-13-27(22-25)37-4)18-20-34(21-19-33)29-14-9-10-15-30(29)38-5/h9-17,22,28H,18-21,23-24H2,1-8H3. The fourth-order valence-electron chi connectivity index (χ4n) is 5.09. The van der Waals surface area contributed by atoms with E-state index in [0.717, 1.165) is 48.7 Å². The first kappa shape index (κ1) is 32.4. The summed E-state index contributed by atoms with van der Waals surface area (Å²) in [6.45, 7) is 12.3. The molecule has 0 amide bonds. The number of rotatable bonds is 12. The lowest BCUT2D eigenvalue weighted by Gasteiger charge is -2.42. The lowest BCUT2D eigenvalue weighted by Crippen LogP contribution is -2.45. The number of nitrogens with zero attached hydrogens (tertiary/aromatic N) is 1. The number of esters is 1. The van der Waals surface area contributed by atoms with Crippen molar-refractivity contribution in [2.24, 2.45) is 0 Å². The molecular weight excluding hydrogens is 534 g/mol. The van der Waals surface area contributed by atoms with E-state index >= 15 is 0 Å². The number of benzene rings is 2. The molecule has 0 aromatic heterocycles. The van der Waals surface area contributed by atoms with Crippen molar-refractivity contribution in [3.05, 3.63) is 66.2 Å². The molecule has 1 unspecified atom stereocenters. The summed E-state index contributed by atoms with van der Waals surface area (Å²) < 4.78 is 22.6. The Morgan fingerprint density at radius 3 is 2.27 bits per heavy atom. The lowest BCUT2D eigenvalue weighted by atomic mass is 9.72. The largest absolute Gasteiger partial charge is 0.497 e. The van der Waals surface area contributed by atoms with Crippen molar-refractivity contribution < 1.29 is 28.2 Å². The van der Waals surface area contributed by atoms with Gasteiger partial charge in [0.25, 0.3) is 0 Å². The normalized spacial score (nSPS) is 16.3. The second kappa shape index (κ2) is 13.7. The highest BCUT2D eigenvalue weighted by molar-refractivity contribution is 6.74. The fraction of sp³-hybridized carbons (Fsp3) is 0.515. The van der Waals surface area contributed by atoms with Crippen LogP contribution in [-0.4, -0.2) is 60.6 Å². The minimum Gasteiger partial charge on any atom is -0.497 e. The predicted octanol–water partition coefficient (Wildman–Crippen LogP) is 6.71. The predicted molar refractivity (Wildman–Crippen MR) is 167 cm³/mol. The van der Waals surface area contributed by atoms with E-state index < -0.39 is 14.4 Å². The first-order chi connectivity index (χ1) is 19.3. The molecule has 1 aliphatic heterocycles. The number of allylic oxidation sites excluding steroid dienone is 2. The van der Waals surface area contributed by atoms with Gasteiger partial charge in [-0.15, -0.1) is 0 Å². The SMILES string of the molecule is COC(=O)CC(CC(=O)C=CC1(c2cccc(OC)c2)CCN(c2ccccc2OC)CC1)O[Si](C)(C)C(C)(C)C. The molecule has 3 rings (SSSR count). The Balaban J connectivity index is 1.86. The second-order valence-corrected chi connectivity index (χ2v) is 17.1. The summed E-state index contributed by atoms with van der Waals surface area (Å²) in [7, 11) is 2.51. The Morgan fingerprint density at radius 2 is 1.66 bits per heavy atom. The van der Waals surface area contributed by atoms with Crippen molar-refractivity contribution >= 4 is 25.8 Å². The van der Waals surface area contributed by atoms with Crippen LogP contribution in [0.5, 0.6) is 11.5 Å². The first-order valence-corrected chi connectivity index (χ1v) is 17.2. The highest BCUT2D eigenvalue weighted by Gasteiger charge is 2.40. The molecule has 1 heterocycles. The summed E-state index contributed by atoms with van der Waals surface area (Å²) in [5, 5.41) is -0.0495. The molecule has 0 saturated carbocycles. The number of anilines is 1. The third-order valence-corrected chi connectivity index (χ3v) is 13.2. The fourth-order valence-corrected chi connectivity index (χ4v) is 6.44. The number of ether oxygens (including phenoxy) is 3. The molecule has 41 heavy (non-hydrogen) atoms. The molecule has 2 aromatic rings. The third-order valence-electron chi connectivity index (χ3n) is 8.63. The number of methoxy groups -OCH3 is 3. The average Bonchev–Trinajstić information content (AvgIpc) is 2.95. The molecule has 8 heteroatoms. The van der Waals surface area contributed by atoms with E-state index in [9.17, 15) is 9.59 Å². The summed E-state index contributed by atoms with van der Waals surface area (Å²) in [5.74, 6) is 1.20. The van der Waals surface area contributed by atoms with Gasteiger partial charge in [0, 0.05) is 24.9 Å². The molecule has 1 atom stereocenters. The Morgan fingerprint density at radius 1 is 0.976 bits per heavy atom. The quantitative estimate of drug-likeness (QED) is 0.157. The van der Waals surface area contributed by atoms with E-state index in [0.29, 0.717) is 0 Å². The Labute approximate surface area is 246 Å².